The Labute approximate surface area is 177 Å². The van der Waals surface area contributed by atoms with Crippen LogP contribution in [0.4, 0.5) is 5.00 Å². The van der Waals surface area contributed by atoms with Crippen molar-refractivity contribution in [2.75, 3.05) is 5.32 Å². The maximum atomic E-state index is 12.6. The summed E-state index contributed by atoms with van der Waals surface area (Å²) >= 11 is 1.17. The Bertz CT molecular complexity index is 1050. The van der Waals surface area contributed by atoms with Gasteiger partial charge in [0.1, 0.15) is 10.0 Å². The van der Waals surface area contributed by atoms with E-state index in [1.54, 1.807) is 36.7 Å². The summed E-state index contributed by atoms with van der Waals surface area (Å²) in [4.78, 5) is 43.4. The Hall–Kier alpha value is -3.59. The van der Waals surface area contributed by atoms with E-state index in [-0.39, 0.29) is 17.5 Å². The number of aryl methyl sites for hydroxylation is 1. The quantitative estimate of drug-likeness (QED) is 0.454. The van der Waals surface area contributed by atoms with Crippen molar-refractivity contribution in [2.45, 2.75) is 25.7 Å². The lowest BCUT2D eigenvalue weighted by Crippen LogP contribution is -2.17. The molecule has 3 rings (SSSR count). The average molecular weight is 423 g/mol. The second-order valence-corrected chi connectivity index (χ2v) is 7.62. The average Bonchev–Trinajstić information content (AvgIpc) is 3.16. The Kier molecular flexibility index (Phi) is 6.87. The Morgan fingerprint density at radius 2 is 1.67 bits per heavy atom. The third-order valence-electron chi connectivity index (χ3n) is 4.37. The highest BCUT2D eigenvalue weighted by Gasteiger charge is 2.19. The zero-order chi connectivity index (χ0) is 21.5. The number of unbranched alkanes of at least 4 members (excludes halogenated alkanes) is 1. The molecule has 0 fully saturated rings. The van der Waals surface area contributed by atoms with Crippen LogP contribution in [-0.4, -0.2) is 27.7 Å². The van der Waals surface area contributed by atoms with Crippen LogP contribution in [0.3, 0.4) is 0 Å². The number of nitrogens with two attached hydrogens (primary N) is 2. The van der Waals surface area contributed by atoms with Crippen LogP contribution in [0.2, 0.25) is 0 Å². The summed E-state index contributed by atoms with van der Waals surface area (Å²) in [6.45, 7) is 0. The molecule has 8 nitrogen and oxygen atoms in total. The zero-order valence-electron chi connectivity index (χ0n) is 16.1. The monoisotopic (exact) mass is 423 g/mol. The van der Waals surface area contributed by atoms with E-state index in [0.717, 1.165) is 30.4 Å². The number of nitrogens with one attached hydrogen (secondary N) is 1. The number of carbonyl (C=O) groups excluding carboxylic acids is 3. The van der Waals surface area contributed by atoms with Crippen molar-refractivity contribution in [3.8, 4) is 10.6 Å². The molecular weight excluding hydrogens is 402 g/mol. The lowest BCUT2D eigenvalue weighted by molar-refractivity contribution is -0.118. The summed E-state index contributed by atoms with van der Waals surface area (Å²) in [6.07, 6.45) is 5.99. The molecule has 0 radical (unpaired) electrons. The number of pyridine rings is 1. The number of hydrogen-bond acceptors (Lipinski definition) is 6. The molecule has 0 atom stereocenters. The van der Waals surface area contributed by atoms with Gasteiger partial charge in [-0.25, -0.2) is 4.98 Å². The van der Waals surface area contributed by atoms with Gasteiger partial charge in [0.15, 0.2) is 5.69 Å². The van der Waals surface area contributed by atoms with E-state index in [1.807, 2.05) is 12.1 Å². The van der Waals surface area contributed by atoms with E-state index in [1.165, 1.54) is 11.3 Å². The summed E-state index contributed by atoms with van der Waals surface area (Å²) in [7, 11) is 0. The van der Waals surface area contributed by atoms with Gasteiger partial charge in [0.2, 0.25) is 5.91 Å². The van der Waals surface area contributed by atoms with Crippen LogP contribution in [0.1, 0.15) is 45.7 Å². The molecule has 3 amide bonds. The Morgan fingerprint density at radius 1 is 0.967 bits per heavy atom. The van der Waals surface area contributed by atoms with Gasteiger partial charge in [-0.3, -0.25) is 19.4 Å². The number of rotatable bonds is 9. The van der Waals surface area contributed by atoms with Crippen LogP contribution in [0.25, 0.3) is 10.6 Å². The first-order valence-corrected chi connectivity index (χ1v) is 10.2. The number of aromatic nitrogens is 2. The minimum Gasteiger partial charge on any atom is -0.370 e. The standard InChI is InChI=1S/C21H21N5O3S/c22-16(27)4-2-1-3-13-5-7-14(8-6-13)19(29)26-21-17(18(23)28)25-20(30-21)15-9-11-24-12-10-15/h5-12H,1-4H2,(H2,22,27)(H2,23,28)(H,26,29). The van der Waals surface area contributed by atoms with E-state index in [0.29, 0.717) is 22.0 Å². The van der Waals surface area contributed by atoms with Crippen molar-refractivity contribution in [1.29, 1.82) is 0 Å². The first-order valence-electron chi connectivity index (χ1n) is 9.33. The molecule has 0 aliphatic rings. The van der Waals surface area contributed by atoms with Crippen LogP contribution < -0.4 is 16.8 Å². The van der Waals surface area contributed by atoms with Crippen LogP contribution in [0, 0.1) is 0 Å². The highest BCUT2D eigenvalue weighted by molar-refractivity contribution is 7.19. The number of amides is 3. The summed E-state index contributed by atoms with van der Waals surface area (Å²) in [6, 6.07) is 10.7. The van der Waals surface area contributed by atoms with Gasteiger partial charge < -0.3 is 16.8 Å². The van der Waals surface area contributed by atoms with Crippen molar-refractivity contribution in [3.63, 3.8) is 0 Å². The number of nitrogens with zero attached hydrogens (tertiary/aromatic N) is 2. The minimum atomic E-state index is -0.715. The summed E-state index contributed by atoms with van der Waals surface area (Å²) < 4.78 is 0. The number of anilines is 1. The topological polar surface area (TPSA) is 141 Å². The summed E-state index contributed by atoms with van der Waals surface area (Å²) in [5.74, 6) is -1.37. The van der Waals surface area contributed by atoms with Crippen LogP contribution >= 0.6 is 11.3 Å². The van der Waals surface area contributed by atoms with Gasteiger partial charge in [0.05, 0.1) is 0 Å². The molecule has 0 bridgehead atoms. The highest BCUT2D eigenvalue weighted by atomic mass is 32.1. The lowest BCUT2D eigenvalue weighted by Gasteiger charge is -2.05. The smallest absolute Gasteiger partial charge is 0.270 e. The number of carbonyl (C=O) groups is 3. The first-order chi connectivity index (χ1) is 14.4. The Morgan fingerprint density at radius 3 is 2.30 bits per heavy atom. The zero-order valence-corrected chi connectivity index (χ0v) is 16.9. The Balaban J connectivity index is 1.69. The third-order valence-corrected chi connectivity index (χ3v) is 5.39. The van der Waals surface area contributed by atoms with Gasteiger partial charge in [0, 0.05) is 29.9 Å². The third kappa shape index (κ3) is 5.48. The van der Waals surface area contributed by atoms with E-state index in [9.17, 15) is 14.4 Å². The first kappa shape index (κ1) is 21.1. The normalized spacial score (nSPS) is 10.5. The molecule has 5 N–H and O–H groups in total. The number of thiazole rings is 1. The minimum absolute atomic E-state index is 0.0197. The molecule has 30 heavy (non-hydrogen) atoms. The van der Waals surface area contributed by atoms with E-state index in [2.05, 4.69) is 15.3 Å². The molecule has 0 unspecified atom stereocenters. The van der Waals surface area contributed by atoms with Crippen molar-refractivity contribution in [2.24, 2.45) is 11.5 Å². The molecular formula is C21H21N5O3S. The molecule has 2 aromatic heterocycles. The van der Waals surface area contributed by atoms with Crippen LogP contribution in [0.5, 0.6) is 0 Å². The maximum absolute atomic E-state index is 12.6. The summed E-state index contributed by atoms with van der Waals surface area (Å²) in [5, 5.41) is 3.60. The molecule has 0 spiro atoms. The molecule has 0 aliphatic carbocycles. The van der Waals surface area contributed by atoms with Crippen LogP contribution in [-0.2, 0) is 11.2 Å². The van der Waals surface area contributed by atoms with Crippen molar-refractivity contribution in [3.05, 3.63) is 65.6 Å². The lowest BCUT2D eigenvalue weighted by atomic mass is 10.0. The van der Waals surface area contributed by atoms with Crippen molar-refractivity contribution < 1.29 is 14.4 Å². The van der Waals surface area contributed by atoms with Gasteiger partial charge in [-0.1, -0.05) is 23.5 Å². The molecule has 154 valence electrons. The van der Waals surface area contributed by atoms with Crippen LogP contribution in [0.15, 0.2) is 48.8 Å². The van der Waals surface area contributed by atoms with E-state index in [4.69, 9.17) is 11.5 Å². The maximum Gasteiger partial charge on any atom is 0.270 e. The number of hydrogen-bond donors (Lipinski definition) is 3. The van der Waals surface area contributed by atoms with Gasteiger partial charge in [-0.2, -0.15) is 0 Å². The van der Waals surface area contributed by atoms with E-state index >= 15 is 0 Å². The predicted octanol–water partition coefficient (Wildman–Crippen LogP) is 2.75. The fourth-order valence-electron chi connectivity index (χ4n) is 2.82. The summed E-state index contributed by atoms with van der Waals surface area (Å²) in [5.41, 5.74) is 12.9. The fourth-order valence-corrected chi connectivity index (χ4v) is 3.79. The molecule has 9 heteroatoms. The number of benzene rings is 1. The molecule has 0 saturated carbocycles. The fraction of sp³-hybridized carbons (Fsp3) is 0.190. The van der Waals surface area contributed by atoms with Crippen molar-refractivity contribution >= 4 is 34.1 Å². The largest absolute Gasteiger partial charge is 0.370 e. The molecule has 0 aliphatic heterocycles. The molecule has 1 aromatic carbocycles. The van der Waals surface area contributed by atoms with Gasteiger partial charge in [0.25, 0.3) is 11.8 Å². The SMILES string of the molecule is NC(=O)CCCCc1ccc(C(=O)Nc2sc(-c3ccncc3)nc2C(N)=O)cc1. The number of primary amides is 2. The molecule has 0 saturated heterocycles. The van der Waals surface area contributed by atoms with Gasteiger partial charge in [-0.15, -0.1) is 0 Å². The van der Waals surface area contributed by atoms with Gasteiger partial charge >= 0.3 is 0 Å². The van der Waals surface area contributed by atoms with E-state index < -0.39 is 5.91 Å². The second kappa shape index (κ2) is 9.75. The molecule has 3 aromatic rings. The van der Waals surface area contributed by atoms with Gasteiger partial charge in [-0.05, 0) is 49.1 Å². The highest BCUT2D eigenvalue weighted by Crippen LogP contribution is 2.32. The predicted molar refractivity (Wildman–Crippen MR) is 115 cm³/mol. The second-order valence-electron chi connectivity index (χ2n) is 6.62. The molecule has 2 heterocycles. The van der Waals surface area contributed by atoms with Crippen molar-refractivity contribution in [1.82, 2.24) is 9.97 Å².